The molecule has 10 heteroatoms. The summed E-state index contributed by atoms with van der Waals surface area (Å²) < 4.78 is 64.3. The quantitative estimate of drug-likeness (QED) is 0.381. The number of ether oxygens (including phenoxy) is 4. The molecule has 0 amide bonds. The number of benzene rings is 3. The average Bonchev–Trinajstić information content (AvgIpc) is 2.84. The lowest BCUT2D eigenvalue weighted by atomic mass is 10.1. The summed E-state index contributed by atoms with van der Waals surface area (Å²) in [4.78, 5) is -0.178. The van der Waals surface area contributed by atoms with Crippen LogP contribution in [0.1, 0.15) is 18.5 Å². The summed E-state index contributed by atoms with van der Waals surface area (Å²) in [5.41, 5.74) is 0.837. The van der Waals surface area contributed by atoms with E-state index >= 15 is 0 Å². The van der Waals surface area contributed by atoms with Crippen LogP contribution in [0.4, 0.5) is 10.1 Å². The van der Waals surface area contributed by atoms with Gasteiger partial charge in [0.2, 0.25) is 0 Å². The highest BCUT2D eigenvalue weighted by molar-refractivity contribution is 7.92. The van der Waals surface area contributed by atoms with Gasteiger partial charge in [0.25, 0.3) is 10.0 Å². The molecule has 3 aromatic rings. The molecule has 0 N–H and O–H groups in total. The largest absolute Gasteiger partial charge is 0.497 e. The smallest absolute Gasteiger partial charge is 0.264 e. The topological polar surface area (TPSA) is 74.3 Å². The van der Waals surface area contributed by atoms with Crippen molar-refractivity contribution in [3.63, 3.8) is 0 Å². The number of halogens is 2. The molecule has 1 atom stereocenters. The molecule has 0 heterocycles. The molecule has 0 fully saturated rings. The fourth-order valence-corrected chi connectivity index (χ4v) is 5.48. The van der Waals surface area contributed by atoms with E-state index in [-0.39, 0.29) is 15.6 Å². The molecule has 0 unspecified atom stereocenters. The minimum Gasteiger partial charge on any atom is -0.497 e. The number of nitrogens with zero attached hydrogens (tertiary/aromatic N) is 1. The van der Waals surface area contributed by atoms with Crippen LogP contribution in [-0.2, 0) is 10.0 Å². The van der Waals surface area contributed by atoms with Crippen molar-refractivity contribution in [1.82, 2.24) is 0 Å². The summed E-state index contributed by atoms with van der Waals surface area (Å²) in [6.45, 7) is 1.71. The van der Waals surface area contributed by atoms with Gasteiger partial charge < -0.3 is 18.9 Å². The highest BCUT2D eigenvalue weighted by Gasteiger charge is 2.33. The van der Waals surface area contributed by atoms with Crippen molar-refractivity contribution >= 4 is 27.3 Å². The van der Waals surface area contributed by atoms with Crippen LogP contribution in [0.3, 0.4) is 0 Å². The van der Waals surface area contributed by atoms with E-state index in [2.05, 4.69) is 0 Å². The fraction of sp³-hybridized carbons (Fsp3) is 0.250. The molecule has 34 heavy (non-hydrogen) atoms. The van der Waals surface area contributed by atoms with Gasteiger partial charge in [-0.15, -0.1) is 0 Å². The van der Waals surface area contributed by atoms with Gasteiger partial charge in [0.15, 0.2) is 11.5 Å². The van der Waals surface area contributed by atoms with E-state index in [9.17, 15) is 12.8 Å². The molecule has 0 bridgehead atoms. The molecule has 7 nitrogen and oxygen atoms in total. The zero-order chi connectivity index (χ0) is 25.0. The van der Waals surface area contributed by atoms with Crippen LogP contribution in [0.2, 0.25) is 5.02 Å². The van der Waals surface area contributed by atoms with Crippen LogP contribution in [0, 0.1) is 5.82 Å². The maximum Gasteiger partial charge on any atom is 0.264 e. The molecular formula is C24H25ClFNO6S. The number of hydrogen-bond donors (Lipinski definition) is 0. The predicted octanol–water partition coefficient (Wildman–Crippen LogP) is 5.47. The minimum absolute atomic E-state index is 0.178. The van der Waals surface area contributed by atoms with E-state index in [1.807, 2.05) is 0 Å². The van der Waals surface area contributed by atoms with Crippen molar-refractivity contribution in [3.8, 4) is 23.0 Å². The van der Waals surface area contributed by atoms with Crippen LogP contribution in [0.5, 0.6) is 23.0 Å². The number of rotatable bonds is 9. The van der Waals surface area contributed by atoms with Gasteiger partial charge in [0, 0.05) is 11.6 Å². The Bertz CT molecular complexity index is 1280. The Morgan fingerprint density at radius 2 is 1.47 bits per heavy atom. The number of methoxy groups -OCH3 is 4. The molecule has 0 radical (unpaired) electrons. The first kappa shape index (κ1) is 25.5. The van der Waals surface area contributed by atoms with Crippen molar-refractivity contribution in [1.29, 1.82) is 0 Å². The number of hydrogen-bond acceptors (Lipinski definition) is 6. The van der Waals surface area contributed by atoms with Crippen molar-refractivity contribution in [3.05, 3.63) is 71.0 Å². The van der Waals surface area contributed by atoms with E-state index in [4.69, 9.17) is 30.5 Å². The van der Waals surface area contributed by atoms with Crippen molar-refractivity contribution in [2.75, 3.05) is 32.7 Å². The monoisotopic (exact) mass is 509 g/mol. The van der Waals surface area contributed by atoms with Gasteiger partial charge in [-0.2, -0.15) is 0 Å². The van der Waals surface area contributed by atoms with Gasteiger partial charge in [-0.05, 0) is 55.5 Å². The number of sulfonamides is 1. The second-order valence-corrected chi connectivity index (χ2v) is 9.42. The third-order valence-corrected chi connectivity index (χ3v) is 7.49. The first-order valence-corrected chi connectivity index (χ1v) is 11.9. The Kier molecular flexibility index (Phi) is 7.78. The second-order valence-electron chi connectivity index (χ2n) is 7.20. The summed E-state index contributed by atoms with van der Waals surface area (Å²) in [7, 11) is 1.70. The Balaban J connectivity index is 2.27. The lowest BCUT2D eigenvalue weighted by molar-refractivity contribution is 0.355. The maximum atomic E-state index is 13.9. The van der Waals surface area contributed by atoms with Gasteiger partial charge in [-0.1, -0.05) is 11.6 Å². The van der Waals surface area contributed by atoms with E-state index in [1.54, 1.807) is 43.3 Å². The average molecular weight is 510 g/mol. The molecule has 0 saturated carbocycles. The standard InChI is InChI=1S/C24H25ClFNO6S/c1-15(19-13-17(30-2)7-11-22(19)31-3)27(16-6-10-23(32-4)24(12-16)33-5)34(28,29)18-8-9-21(26)20(25)14-18/h6-15H,1-5H3/t15-/m0/s1. The van der Waals surface area contributed by atoms with Gasteiger partial charge in [-0.25, -0.2) is 12.8 Å². The number of anilines is 1. The van der Waals surface area contributed by atoms with E-state index in [0.717, 1.165) is 12.1 Å². The maximum absolute atomic E-state index is 13.9. The Labute approximate surface area is 203 Å². The predicted molar refractivity (Wildman–Crippen MR) is 129 cm³/mol. The second kappa shape index (κ2) is 10.4. The minimum atomic E-state index is -4.24. The lowest BCUT2D eigenvalue weighted by Crippen LogP contribution is -2.34. The molecule has 3 rings (SSSR count). The zero-order valence-electron chi connectivity index (χ0n) is 19.3. The summed E-state index contributed by atoms with van der Waals surface area (Å²) in [5.74, 6) is 1.03. The molecule has 0 spiro atoms. The molecule has 0 aliphatic heterocycles. The molecule has 0 aliphatic carbocycles. The van der Waals surface area contributed by atoms with E-state index in [1.165, 1.54) is 38.8 Å². The van der Waals surface area contributed by atoms with Gasteiger partial charge >= 0.3 is 0 Å². The first-order chi connectivity index (χ1) is 16.2. The van der Waals surface area contributed by atoms with Crippen LogP contribution in [-0.4, -0.2) is 36.9 Å². The molecule has 0 saturated heterocycles. The van der Waals surface area contributed by atoms with Crippen LogP contribution in [0.25, 0.3) is 0 Å². The summed E-state index contributed by atoms with van der Waals surface area (Å²) in [6.07, 6.45) is 0. The lowest BCUT2D eigenvalue weighted by Gasteiger charge is -2.32. The first-order valence-electron chi connectivity index (χ1n) is 10.1. The van der Waals surface area contributed by atoms with Crippen LogP contribution in [0.15, 0.2) is 59.5 Å². The van der Waals surface area contributed by atoms with Crippen molar-refractivity contribution in [2.45, 2.75) is 17.9 Å². The molecular weight excluding hydrogens is 485 g/mol. The van der Waals surface area contributed by atoms with Crippen LogP contribution >= 0.6 is 11.6 Å². The zero-order valence-corrected chi connectivity index (χ0v) is 20.9. The van der Waals surface area contributed by atoms with Crippen molar-refractivity contribution in [2.24, 2.45) is 0 Å². The summed E-state index contributed by atoms with van der Waals surface area (Å²) >= 11 is 5.91. The third kappa shape index (κ3) is 4.85. The summed E-state index contributed by atoms with van der Waals surface area (Å²) in [5, 5.41) is -0.306. The van der Waals surface area contributed by atoms with Gasteiger partial charge in [-0.3, -0.25) is 4.31 Å². The summed E-state index contributed by atoms with van der Waals surface area (Å²) in [6, 6.07) is 12.3. The molecule has 182 valence electrons. The van der Waals surface area contributed by atoms with Crippen molar-refractivity contribution < 1.29 is 31.8 Å². The normalized spacial score (nSPS) is 12.1. The molecule has 0 aliphatic rings. The van der Waals surface area contributed by atoms with E-state index < -0.39 is 21.9 Å². The SMILES string of the molecule is COc1ccc(OC)c([C@H](C)N(c2ccc(OC)c(OC)c2)S(=O)(=O)c2ccc(F)c(Cl)c2)c1. The Hall–Kier alpha value is -3.17. The molecule has 3 aromatic carbocycles. The highest BCUT2D eigenvalue weighted by atomic mass is 35.5. The molecule has 0 aromatic heterocycles. The van der Waals surface area contributed by atoms with E-state index in [0.29, 0.717) is 28.6 Å². The fourth-order valence-electron chi connectivity index (χ4n) is 3.58. The van der Waals surface area contributed by atoms with Gasteiger partial charge in [0.1, 0.15) is 17.3 Å². The third-order valence-electron chi connectivity index (χ3n) is 5.31. The van der Waals surface area contributed by atoms with Gasteiger partial charge in [0.05, 0.1) is 50.1 Å². The van der Waals surface area contributed by atoms with Crippen LogP contribution < -0.4 is 23.3 Å². The Morgan fingerprint density at radius 1 is 0.824 bits per heavy atom. The Morgan fingerprint density at radius 3 is 2.06 bits per heavy atom. The highest BCUT2D eigenvalue weighted by Crippen LogP contribution is 2.41.